The average molecular weight is 366 g/mol. The lowest BCUT2D eigenvalue weighted by Crippen LogP contribution is -2.42. The Morgan fingerprint density at radius 2 is 1.81 bits per heavy atom. The van der Waals surface area contributed by atoms with Crippen molar-refractivity contribution in [3.8, 4) is 0 Å². The molecule has 144 valence electrons. The fourth-order valence-corrected chi connectivity index (χ4v) is 4.14. The molecule has 4 nitrogen and oxygen atoms in total. The van der Waals surface area contributed by atoms with Crippen LogP contribution in [0.4, 0.5) is 8.78 Å². The van der Waals surface area contributed by atoms with Crippen molar-refractivity contribution >= 4 is 5.91 Å². The Balaban J connectivity index is 1.47. The number of hydrogen-bond acceptors (Lipinski definition) is 3. The molecule has 2 aliphatic rings. The maximum absolute atomic E-state index is 13.3. The summed E-state index contributed by atoms with van der Waals surface area (Å²) >= 11 is 0. The molecule has 0 radical (unpaired) electrons. The molecule has 1 aromatic carbocycles. The Morgan fingerprint density at radius 1 is 1.12 bits per heavy atom. The fourth-order valence-electron chi connectivity index (χ4n) is 4.14. The minimum absolute atomic E-state index is 0.110. The second-order valence-corrected chi connectivity index (χ2v) is 7.53. The zero-order valence-corrected chi connectivity index (χ0v) is 15.4. The predicted molar refractivity (Wildman–Crippen MR) is 95.8 cm³/mol. The van der Waals surface area contributed by atoms with Gasteiger partial charge in [0.2, 0.25) is 5.91 Å². The number of piperidine rings is 1. The van der Waals surface area contributed by atoms with Gasteiger partial charge in [-0.25, -0.2) is 8.78 Å². The SMILES string of the molecule is COCCN1CCC(C(=O)N2CCC(Cc3cc(F)cc(F)c3)C2)CC1. The van der Waals surface area contributed by atoms with Gasteiger partial charge in [-0.05, 0) is 62.4 Å². The van der Waals surface area contributed by atoms with Gasteiger partial charge in [0.15, 0.2) is 0 Å². The minimum atomic E-state index is -0.536. The summed E-state index contributed by atoms with van der Waals surface area (Å²) in [4.78, 5) is 17.1. The molecule has 6 heteroatoms. The molecule has 3 rings (SSSR count). The van der Waals surface area contributed by atoms with Crippen LogP contribution in [0.25, 0.3) is 0 Å². The molecule has 2 heterocycles. The van der Waals surface area contributed by atoms with Crippen molar-refractivity contribution in [1.29, 1.82) is 0 Å². The van der Waals surface area contributed by atoms with E-state index >= 15 is 0 Å². The van der Waals surface area contributed by atoms with Crippen LogP contribution in [0.1, 0.15) is 24.8 Å². The average Bonchev–Trinajstić information content (AvgIpc) is 3.07. The van der Waals surface area contributed by atoms with E-state index in [9.17, 15) is 13.6 Å². The lowest BCUT2D eigenvalue weighted by molar-refractivity contribution is -0.136. The van der Waals surface area contributed by atoms with Gasteiger partial charge in [-0.2, -0.15) is 0 Å². The smallest absolute Gasteiger partial charge is 0.225 e. The van der Waals surface area contributed by atoms with Crippen LogP contribution in [0.3, 0.4) is 0 Å². The molecule has 0 spiro atoms. The molecule has 2 aliphatic heterocycles. The molecule has 1 atom stereocenters. The zero-order chi connectivity index (χ0) is 18.5. The number of rotatable bonds is 6. The van der Waals surface area contributed by atoms with Gasteiger partial charge in [-0.1, -0.05) is 0 Å². The number of nitrogens with zero attached hydrogens (tertiary/aromatic N) is 2. The van der Waals surface area contributed by atoms with Gasteiger partial charge in [0, 0.05) is 38.7 Å². The maximum Gasteiger partial charge on any atom is 0.225 e. The molecule has 0 aromatic heterocycles. The molecular formula is C20H28F2N2O2. The number of benzene rings is 1. The van der Waals surface area contributed by atoms with Crippen LogP contribution in [0.2, 0.25) is 0 Å². The van der Waals surface area contributed by atoms with Gasteiger partial charge in [0.1, 0.15) is 11.6 Å². The summed E-state index contributed by atoms with van der Waals surface area (Å²) < 4.78 is 31.8. The van der Waals surface area contributed by atoms with E-state index in [1.807, 2.05) is 4.90 Å². The van der Waals surface area contributed by atoms with Gasteiger partial charge >= 0.3 is 0 Å². The van der Waals surface area contributed by atoms with Gasteiger partial charge < -0.3 is 14.5 Å². The molecule has 2 fully saturated rings. The maximum atomic E-state index is 13.3. The summed E-state index contributed by atoms with van der Waals surface area (Å²) in [7, 11) is 1.71. The Labute approximate surface area is 154 Å². The van der Waals surface area contributed by atoms with Crippen molar-refractivity contribution in [1.82, 2.24) is 9.80 Å². The van der Waals surface area contributed by atoms with Gasteiger partial charge in [0.05, 0.1) is 6.61 Å². The first-order valence-corrected chi connectivity index (χ1v) is 9.50. The van der Waals surface area contributed by atoms with Crippen molar-refractivity contribution in [3.63, 3.8) is 0 Å². The van der Waals surface area contributed by atoms with Gasteiger partial charge in [-0.15, -0.1) is 0 Å². The number of likely N-dealkylation sites (tertiary alicyclic amines) is 2. The number of carbonyl (C=O) groups is 1. The second kappa shape index (κ2) is 8.91. The van der Waals surface area contributed by atoms with Crippen molar-refractivity contribution in [3.05, 3.63) is 35.4 Å². The molecule has 0 aliphatic carbocycles. The lowest BCUT2D eigenvalue weighted by Gasteiger charge is -2.33. The van der Waals surface area contributed by atoms with Crippen molar-refractivity contribution in [2.45, 2.75) is 25.7 Å². The molecule has 1 amide bonds. The molecule has 0 bridgehead atoms. The van der Waals surface area contributed by atoms with E-state index in [-0.39, 0.29) is 17.7 Å². The summed E-state index contributed by atoms with van der Waals surface area (Å²) in [6, 6.07) is 3.68. The van der Waals surface area contributed by atoms with Crippen molar-refractivity contribution in [2.75, 3.05) is 46.4 Å². The number of hydrogen-bond donors (Lipinski definition) is 0. The highest BCUT2D eigenvalue weighted by atomic mass is 19.1. The van der Waals surface area contributed by atoms with Crippen LogP contribution < -0.4 is 0 Å². The molecule has 1 unspecified atom stereocenters. The Hall–Kier alpha value is -1.53. The monoisotopic (exact) mass is 366 g/mol. The van der Waals surface area contributed by atoms with E-state index in [4.69, 9.17) is 4.74 Å². The standard InChI is InChI=1S/C20H28F2N2O2/c1-26-9-8-23-5-3-17(4-6-23)20(25)24-7-2-15(14-24)10-16-11-18(21)13-19(22)12-16/h11-13,15,17H,2-10,14H2,1H3. The highest BCUT2D eigenvalue weighted by molar-refractivity contribution is 5.79. The molecule has 26 heavy (non-hydrogen) atoms. The van der Waals surface area contributed by atoms with E-state index in [1.165, 1.54) is 12.1 Å². The first-order chi connectivity index (χ1) is 12.5. The van der Waals surface area contributed by atoms with Crippen LogP contribution in [0.15, 0.2) is 18.2 Å². The van der Waals surface area contributed by atoms with Crippen molar-refractivity contribution < 1.29 is 18.3 Å². The topological polar surface area (TPSA) is 32.8 Å². The lowest BCUT2D eigenvalue weighted by atomic mass is 9.95. The first-order valence-electron chi connectivity index (χ1n) is 9.50. The highest BCUT2D eigenvalue weighted by Gasteiger charge is 2.32. The quantitative estimate of drug-likeness (QED) is 0.776. The number of amides is 1. The first kappa shape index (κ1) is 19.2. The third-order valence-corrected chi connectivity index (χ3v) is 5.59. The number of methoxy groups -OCH3 is 1. The van der Waals surface area contributed by atoms with Crippen molar-refractivity contribution in [2.24, 2.45) is 11.8 Å². The predicted octanol–water partition coefficient (Wildman–Crippen LogP) is 2.71. The summed E-state index contributed by atoms with van der Waals surface area (Å²) in [6.07, 6.45) is 3.32. The summed E-state index contributed by atoms with van der Waals surface area (Å²) in [6.45, 7) is 4.99. The molecule has 1 aromatic rings. The Morgan fingerprint density at radius 3 is 2.46 bits per heavy atom. The van der Waals surface area contributed by atoms with Crippen LogP contribution in [-0.2, 0) is 16.0 Å². The summed E-state index contributed by atoms with van der Waals surface area (Å²) in [5.41, 5.74) is 0.674. The number of ether oxygens (including phenoxy) is 1. The Bertz CT molecular complexity index is 598. The van der Waals surface area contributed by atoms with E-state index < -0.39 is 11.6 Å². The van der Waals surface area contributed by atoms with Gasteiger partial charge in [-0.3, -0.25) is 4.79 Å². The summed E-state index contributed by atoms with van der Waals surface area (Å²) in [5, 5.41) is 0. The van der Waals surface area contributed by atoms with E-state index in [2.05, 4.69) is 4.90 Å². The van der Waals surface area contributed by atoms with E-state index in [0.717, 1.165) is 58.1 Å². The van der Waals surface area contributed by atoms with Crippen LogP contribution >= 0.6 is 0 Å². The normalized spacial score (nSPS) is 22.1. The summed E-state index contributed by atoms with van der Waals surface area (Å²) in [5.74, 6) is -0.428. The number of carbonyl (C=O) groups excluding carboxylic acids is 1. The highest BCUT2D eigenvalue weighted by Crippen LogP contribution is 2.26. The zero-order valence-electron chi connectivity index (χ0n) is 15.4. The van der Waals surface area contributed by atoms with Gasteiger partial charge in [0.25, 0.3) is 0 Å². The van der Waals surface area contributed by atoms with E-state index in [0.29, 0.717) is 18.5 Å². The molecule has 0 N–H and O–H groups in total. The van der Waals surface area contributed by atoms with E-state index in [1.54, 1.807) is 7.11 Å². The third-order valence-electron chi connectivity index (χ3n) is 5.59. The van der Waals surface area contributed by atoms with Crippen LogP contribution in [0.5, 0.6) is 0 Å². The third kappa shape index (κ3) is 5.01. The number of halogens is 2. The molecule has 0 saturated carbocycles. The van der Waals surface area contributed by atoms with Crippen LogP contribution in [0, 0.1) is 23.5 Å². The fraction of sp³-hybridized carbons (Fsp3) is 0.650. The minimum Gasteiger partial charge on any atom is -0.383 e. The second-order valence-electron chi connectivity index (χ2n) is 7.53. The molecular weight excluding hydrogens is 338 g/mol. The molecule has 2 saturated heterocycles. The van der Waals surface area contributed by atoms with Crippen LogP contribution in [-0.4, -0.2) is 62.1 Å². The largest absolute Gasteiger partial charge is 0.383 e. The Kier molecular flexibility index (Phi) is 6.59.